The zero-order chi connectivity index (χ0) is 15.9. The van der Waals surface area contributed by atoms with E-state index in [4.69, 9.17) is 15.2 Å². The van der Waals surface area contributed by atoms with E-state index in [1.54, 1.807) is 0 Å². The fourth-order valence-electron chi connectivity index (χ4n) is 2.28. The highest BCUT2D eigenvalue weighted by atomic mass is 16.5. The molecule has 6 nitrogen and oxygen atoms in total. The van der Waals surface area contributed by atoms with Crippen LogP contribution in [-0.4, -0.2) is 56.8 Å². The Kier molecular flexibility index (Phi) is 6.18. The number of nitrogens with two attached hydrogens (primary N) is 1. The van der Waals surface area contributed by atoms with Crippen LogP contribution in [0, 0.1) is 0 Å². The van der Waals surface area contributed by atoms with Gasteiger partial charge in [-0.15, -0.1) is 0 Å². The van der Waals surface area contributed by atoms with Crippen molar-refractivity contribution in [3.05, 3.63) is 24.3 Å². The van der Waals surface area contributed by atoms with Gasteiger partial charge in [0.15, 0.2) is 0 Å². The van der Waals surface area contributed by atoms with Crippen LogP contribution in [0.5, 0.6) is 5.75 Å². The Morgan fingerprint density at radius 1 is 1.36 bits per heavy atom. The van der Waals surface area contributed by atoms with Crippen LogP contribution in [0.1, 0.15) is 12.8 Å². The first kappa shape index (κ1) is 16.7. The van der Waals surface area contributed by atoms with Crippen molar-refractivity contribution in [3.63, 3.8) is 0 Å². The van der Waals surface area contributed by atoms with Gasteiger partial charge in [0, 0.05) is 18.8 Å². The van der Waals surface area contributed by atoms with Gasteiger partial charge in [0.05, 0.1) is 6.10 Å². The summed E-state index contributed by atoms with van der Waals surface area (Å²) in [5, 5.41) is 2.86. The maximum Gasteiger partial charge on any atom is 0.253 e. The van der Waals surface area contributed by atoms with Gasteiger partial charge in [0.1, 0.15) is 18.5 Å². The SMILES string of the molecule is CN(C)CCOc1ccc(NC(=O)[C@@H]2CC[C@H](CN)O2)cc1. The lowest BCUT2D eigenvalue weighted by Crippen LogP contribution is -2.29. The summed E-state index contributed by atoms with van der Waals surface area (Å²) in [4.78, 5) is 14.2. The number of nitrogens with zero attached hydrogens (tertiary/aromatic N) is 1. The van der Waals surface area contributed by atoms with Crippen LogP contribution in [0.3, 0.4) is 0 Å². The van der Waals surface area contributed by atoms with E-state index < -0.39 is 6.10 Å². The first-order chi connectivity index (χ1) is 10.6. The van der Waals surface area contributed by atoms with Gasteiger partial charge in [-0.3, -0.25) is 4.79 Å². The molecular weight excluding hydrogens is 282 g/mol. The van der Waals surface area contributed by atoms with Crippen LogP contribution >= 0.6 is 0 Å². The molecule has 2 atom stereocenters. The lowest BCUT2D eigenvalue weighted by atomic mass is 10.2. The Hall–Kier alpha value is -1.63. The molecule has 6 heteroatoms. The molecule has 122 valence electrons. The summed E-state index contributed by atoms with van der Waals surface area (Å²) in [5.74, 6) is 0.678. The number of ether oxygens (including phenoxy) is 2. The van der Waals surface area contributed by atoms with E-state index in [-0.39, 0.29) is 12.0 Å². The van der Waals surface area contributed by atoms with Gasteiger partial charge < -0.3 is 25.4 Å². The fourth-order valence-corrected chi connectivity index (χ4v) is 2.28. The second-order valence-corrected chi connectivity index (χ2v) is 5.73. The largest absolute Gasteiger partial charge is 0.492 e. The summed E-state index contributed by atoms with van der Waals surface area (Å²) >= 11 is 0. The highest BCUT2D eigenvalue weighted by Crippen LogP contribution is 2.21. The van der Waals surface area contributed by atoms with Crippen molar-refractivity contribution in [2.75, 3.05) is 39.1 Å². The zero-order valence-electron chi connectivity index (χ0n) is 13.2. The number of likely N-dealkylation sites (N-methyl/N-ethyl adjacent to an activating group) is 1. The van der Waals surface area contributed by atoms with E-state index in [9.17, 15) is 4.79 Å². The first-order valence-corrected chi connectivity index (χ1v) is 7.62. The van der Waals surface area contributed by atoms with Gasteiger partial charge in [-0.25, -0.2) is 0 Å². The number of hydrogen-bond donors (Lipinski definition) is 2. The maximum absolute atomic E-state index is 12.1. The highest BCUT2D eigenvalue weighted by molar-refractivity contribution is 5.94. The number of amides is 1. The van der Waals surface area contributed by atoms with Gasteiger partial charge in [-0.2, -0.15) is 0 Å². The molecule has 0 radical (unpaired) electrons. The molecule has 1 aromatic carbocycles. The monoisotopic (exact) mass is 307 g/mol. The number of carbonyl (C=O) groups excluding carboxylic acids is 1. The third kappa shape index (κ3) is 4.98. The summed E-state index contributed by atoms with van der Waals surface area (Å²) in [5.41, 5.74) is 6.29. The van der Waals surface area contributed by atoms with Crippen LogP contribution in [0.15, 0.2) is 24.3 Å². The van der Waals surface area contributed by atoms with Crippen molar-refractivity contribution in [2.45, 2.75) is 25.0 Å². The molecule has 0 unspecified atom stereocenters. The van der Waals surface area contributed by atoms with Crippen LogP contribution in [0.4, 0.5) is 5.69 Å². The number of carbonyl (C=O) groups is 1. The molecule has 1 heterocycles. The molecule has 1 aliphatic rings. The van der Waals surface area contributed by atoms with Crippen LogP contribution in [-0.2, 0) is 9.53 Å². The van der Waals surface area contributed by atoms with E-state index in [1.165, 1.54) is 0 Å². The number of hydrogen-bond acceptors (Lipinski definition) is 5. The second kappa shape index (κ2) is 8.12. The third-order valence-electron chi connectivity index (χ3n) is 3.59. The molecule has 0 saturated carbocycles. The minimum atomic E-state index is -0.399. The number of nitrogens with one attached hydrogen (secondary N) is 1. The van der Waals surface area contributed by atoms with E-state index in [1.807, 2.05) is 38.4 Å². The zero-order valence-corrected chi connectivity index (χ0v) is 13.2. The van der Waals surface area contributed by atoms with Crippen molar-refractivity contribution in [2.24, 2.45) is 5.73 Å². The molecule has 1 aliphatic heterocycles. The molecule has 1 saturated heterocycles. The summed E-state index contributed by atoms with van der Waals surface area (Å²) < 4.78 is 11.2. The quantitative estimate of drug-likeness (QED) is 0.788. The molecule has 0 aromatic heterocycles. The van der Waals surface area contributed by atoms with Crippen molar-refractivity contribution in [1.29, 1.82) is 0 Å². The summed E-state index contributed by atoms with van der Waals surface area (Å²) in [6.45, 7) is 1.96. The fraction of sp³-hybridized carbons (Fsp3) is 0.562. The Labute approximate surface area is 131 Å². The Balaban J connectivity index is 1.79. The first-order valence-electron chi connectivity index (χ1n) is 7.62. The Morgan fingerprint density at radius 3 is 2.68 bits per heavy atom. The second-order valence-electron chi connectivity index (χ2n) is 5.73. The molecule has 3 N–H and O–H groups in total. The lowest BCUT2D eigenvalue weighted by Gasteiger charge is -2.13. The number of benzene rings is 1. The predicted octanol–water partition coefficient (Wildman–Crippen LogP) is 1.07. The van der Waals surface area contributed by atoms with Crippen LogP contribution < -0.4 is 15.8 Å². The lowest BCUT2D eigenvalue weighted by molar-refractivity contribution is -0.126. The average Bonchev–Trinajstić information content (AvgIpc) is 2.98. The van der Waals surface area contributed by atoms with E-state index in [0.717, 1.165) is 30.8 Å². The minimum Gasteiger partial charge on any atom is -0.492 e. The van der Waals surface area contributed by atoms with Crippen molar-refractivity contribution < 1.29 is 14.3 Å². The smallest absolute Gasteiger partial charge is 0.253 e. The molecular formula is C16H25N3O3. The average molecular weight is 307 g/mol. The van der Waals surface area contributed by atoms with Gasteiger partial charge in [-0.05, 0) is 51.2 Å². The number of rotatable bonds is 7. The molecule has 22 heavy (non-hydrogen) atoms. The molecule has 0 spiro atoms. The normalized spacial score (nSPS) is 21.1. The van der Waals surface area contributed by atoms with Crippen LogP contribution in [0.25, 0.3) is 0 Å². The van der Waals surface area contributed by atoms with Crippen molar-refractivity contribution in [3.8, 4) is 5.75 Å². The molecule has 2 rings (SSSR count). The van der Waals surface area contributed by atoms with Gasteiger partial charge in [-0.1, -0.05) is 0 Å². The molecule has 1 aromatic rings. The van der Waals surface area contributed by atoms with Crippen LogP contribution in [0.2, 0.25) is 0 Å². The van der Waals surface area contributed by atoms with Gasteiger partial charge in [0.25, 0.3) is 5.91 Å². The van der Waals surface area contributed by atoms with Crippen molar-refractivity contribution >= 4 is 11.6 Å². The predicted molar refractivity (Wildman–Crippen MR) is 86.1 cm³/mol. The Morgan fingerprint density at radius 2 is 2.09 bits per heavy atom. The maximum atomic E-state index is 12.1. The minimum absolute atomic E-state index is 0.00298. The van der Waals surface area contributed by atoms with E-state index >= 15 is 0 Å². The standard InChI is InChI=1S/C16H25N3O3/c1-19(2)9-10-21-13-5-3-12(4-6-13)18-16(20)15-8-7-14(11-17)22-15/h3-6,14-15H,7-11,17H2,1-2H3,(H,18,20)/t14-,15+/m1/s1. The summed E-state index contributed by atoms with van der Waals surface area (Å²) in [6.07, 6.45) is 1.17. The molecule has 0 aliphatic carbocycles. The summed E-state index contributed by atoms with van der Waals surface area (Å²) in [6, 6.07) is 7.36. The third-order valence-corrected chi connectivity index (χ3v) is 3.59. The number of anilines is 1. The van der Waals surface area contributed by atoms with E-state index in [0.29, 0.717) is 13.2 Å². The summed E-state index contributed by atoms with van der Waals surface area (Å²) in [7, 11) is 4.00. The molecule has 0 bridgehead atoms. The van der Waals surface area contributed by atoms with Crippen molar-refractivity contribution in [1.82, 2.24) is 4.90 Å². The highest BCUT2D eigenvalue weighted by Gasteiger charge is 2.29. The topological polar surface area (TPSA) is 76.8 Å². The molecule has 1 fully saturated rings. The Bertz CT molecular complexity index is 476. The molecule has 1 amide bonds. The van der Waals surface area contributed by atoms with Gasteiger partial charge >= 0.3 is 0 Å². The van der Waals surface area contributed by atoms with Gasteiger partial charge in [0.2, 0.25) is 0 Å². The van der Waals surface area contributed by atoms with E-state index in [2.05, 4.69) is 10.2 Å².